The third-order valence-corrected chi connectivity index (χ3v) is 3.23. The Morgan fingerprint density at radius 1 is 1.50 bits per heavy atom. The van der Waals surface area contributed by atoms with Crippen LogP contribution in [-0.4, -0.2) is 16.1 Å². The average Bonchev–Trinajstić information content (AvgIpc) is 2.86. The van der Waals surface area contributed by atoms with Crippen LogP contribution >= 0.6 is 15.9 Å². The zero-order valence-corrected chi connectivity index (χ0v) is 11.6. The Labute approximate surface area is 114 Å². The number of hydrogen-bond acceptors (Lipinski definition) is 3. The molecule has 0 aliphatic heterocycles. The van der Waals surface area contributed by atoms with E-state index in [1.54, 1.807) is 18.3 Å². The first-order valence-corrected chi connectivity index (χ1v) is 6.41. The second-order valence-corrected chi connectivity index (χ2v) is 4.65. The highest BCUT2D eigenvalue weighted by molar-refractivity contribution is 9.10. The number of hydrogen-bond donors (Lipinski definition) is 0. The van der Waals surface area contributed by atoms with Crippen molar-refractivity contribution >= 4 is 22.2 Å². The van der Waals surface area contributed by atoms with E-state index in [2.05, 4.69) is 21.0 Å². The Kier molecular flexibility index (Phi) is 4.15. The molecular weight excluding hydrogens is 296 g/mol. The number of rotatable bonds is 5. The molecule has 0 N–H and O–H groups in total. The van der Waals surface area contributed by atoms with E-state index in [4.69, 9.17) is 4.74 Å². The molecule has 0 fully saturated rings. The molecule has 0 radical (unpaired) electrons. The zero-order valence-electron chi connectivity index (χ0n) is 9.97. The lowest BCUT2D eigenvalue weighted by atomic mass is 10.2. The summed E-state index contributed by atoms with van der Waals surface area (Å²) in [6.07, 6.45) is 4.52. The Bertz CT molecular complexity index is 552. The van der Waals surface area contributed by atoms with Crippen LogP contribution in [-0.2, 0) is 13.2 Å². The molecule has 4 nitrogen and oxygen atoms in total. The van der Waals surface area contributed by atoms with Crippen molar-refractivity contribution in [3.05, 3.63) is 46.2 Å². The second-order valence-electron chi connectivity index (χ2n) is 3.79. The number of aromatic nitrogens is 2. The Balaban J connectivity index is 2.03. The summed E-state index contributed by atoms with van der Waals surface area (Å²) < 4.78 is 8.23. The molecule has 5 heteroatoms. The molecule has 0 amide bonds. The maximum absolute atomic E-state index is 10.8. The molecule has 1 aromatic carbocycles. The molecule has 0 bridgehead atoms. The first-order chi connectivity index (χ1) is 8.72. The highest BCUT2D eigenvalue weighted by Gasteiger charge is 2.03. The van der Waals surface area contributed by atoms with E-state index in [1.807, 2.05) is 23.9 Å². The van der Waals surface area contributed by atoms with Gasteiger partial charge in [-0.3, -0.25) is 9.48 Å². The summed E-state index contributed by atoms with van der Waals surface area (Å²) in [7, 11) is 0. The number of benzene rings is 1. The number of aldehydes is 1. The molecule has 0 atom stereocenters. The zero-order chi connectivity index (χ0) is 13.0. The van der Waals surface area contributed by atoms with Gasteiger partial charge in [-0.1, -0.05) is 15.9 Å². The average molecular weight is 309 g/mol. The van der Waals surface area contributed by atoms with Gasteiger partial charge < -0.3 is 4.74 Å². The minimum atomic E-state index is 0.444. The molecule has 94 valence electrons. The van der Waals surface area contributed by atoms with Gasteiger partial charge >= 0.3 is 0 Å². The molecule has 2 rings (SSSR count). The van der Waals surface area contributed by atoms with E-state index < -0.39 is 0 Å². The summed E-state index contributed by atoms with van der Waals surface area (Å²) in [6.45, 7) is 3.32. The number of halogens is 1. The lowest BCUT2D eigenvalue weighted by molar-refractivity contribution is 0.112. The van der Waals surface area contributed by atoms with Gasteiger partial charge in [-0.15, -0.1) is 0 Å². The molecular formula is C13H13BrN2O2. The van der Waals surface area contributed by atoms with Crippen LogP contribution in [0.3, 0.4) is 0 Å². The molecule has 0 aliphatic carbocycles. The van der Waals surface area contributed by atoms with Crippen LogP contribution in [0, 0.1) is 0 Å². The minimum Gasteiger partial charge on any atom is -0.489 e. The monoisotopic (exact) mass is 308 g/mol. The highest BCUT2D eigenvalue weighted by atomic mass is 79.9. The molecule has 0 saturated heterocycles. The topological polar surface area (TPSA) is 44.1 Å². The van der Waals surface area contributed by atoms with E-state index in [0.717, 1.165) is 22.9 Å². The van der Waals surface area contributed by atoms with Crippen LogP contribution in [0.4, 0.5) is 0 Å². The molecule has 1 heterocycles. The van der Waals surface area contributed by atoms with Crippen molar-refractivity contribution in [3.63, 3.8) is 0 Å². The molecule has 1 aromatic heterocycles. The number of carbonyl (C=O) groups is 1. The Morgan fingerprint density at radius 2 is 2.33 bits per heavy atom. The van der Waals surface area contributed by atoms with Gasteiger partial charge in [0.05, 0.1) is 6.20 Å². The van der Waals surface area contributed by atoms with E-state index >= 15 is 0 Å². The highest BCUT2D eigenvalue weighted by Crippen LogP contribution is 2.21. The fourth-order valence-electron chi connectivity index (χ4n) is 1.52. The van der Waals surface area contributed by atoms with Gasteiger partial charge in [-0.05, 0) is 25.1 Å². The minimum absolute atomic E-state index is 0.444. The van der Waals surface area contributed by atoms with Crippen molar-refractivity contribution in [1.29, 1.82) is 0 Å². The maximum Gasteiger partial charge on any atom is 0.151 e. The van der Waals surface area contributed by atoms with Crippen molar-refractivity contribution in [2.24, 2.45) is 0 Å². The van der Waals surface area contributed by atoms with E-state index in [0.29, 0.717) is 17.9 Å². The molecule has 0 unspecified atom stereocenters. The third-order valence-electron chi connectivity index (χ3n) is 2.51. The maximum atomic E-state index is 10.8. The summed E-state index contributed by atoms with van der Waals surface area (Å²) in [5.74, 6) is 0.671. The SMILES string of the molecule is CCn1cc(COc2ccc(Br)c(C=O)c2)cn1. The fourth-order valence-corrected chi connectivity index (χ4v) is 1.86. The number of aryl methyl sites for hydroxylation is 1. The van der Waals surface area contributed by atoms with Crippen LogP contribution in [0.2, 0.25) is 0 Å². The van der Waals surface area contributed by atoms with Gasteiger partial charge in [0, 0.05) is 28.3 Å². The van der Waals surface area contributed by atoms with Crippen molar-refractivity contribution in [3.8, 4) is 5.75 Å². The summed E-state index contributed by atoms with van der Waals surface area (Å²) in [6, 6.07) is 5.33. The van der Waals surface area contributed by atoms with Crippen LogP contribution in [0.25, 0.3) is 0 Å². The van der Waals surface area contributed by atoms with Gasteiger partial charge in [0.1, 0.15) is 12.4 Å². The van der Waals surface area contributed by atoms with Crippen molar-refractivity contribution in [2.45, 2.75) is 20.1 Å². The van der Waals surface area contributed by atoms with Crippen molar-refractivity contribution < 1.29 is 9.53 Å². The normalized spacial score (nSPS) is 10.3. The molecule has 0 saturated carbocycles. The van der Waals surface area contributed by atoms with Gasteiger partial charge in [-0.25, -0.2) is 0 Å². The molecule has 18 heavy (non-hydrogen) atoms. The fraction of sp³-hybridized carbons (Fsp3) is 0.231. The number of carbonyl (C=O) groups excluding carboxylic acids is 1. The standard InChI is InChI=1S/C13H13BrN2O2/c1-2-16-7-10(6-15-16)9-18-12-3-4-13(14)11(5-12)8-17/h3-8H,2,9H2,1H3. The van der Waals surface area contributed by atoms with Crippen LogP contribution < -0.4 is 4.74 Å². The number of nitrogens with zero attached hydrogens (tertiary/aromatic N) is 2. The summed E-state index contributed by atoms with van der Waals surface area (Å²) in [4.78, 5) is 10.8. The van der Waals surface area contributed by atoms with Crippen molar-refractivity contribution in [1.82, 2.24) is 9.78 Å². The first-order valence-electron chi connectivity index (χ1n) is 5.61. The molecule has 0 spiro atoms. The van der Waals surface area contributed by atoms with E-state index in [-0.39, 0.29) is 0 Å². The van der Waals surface area contributed by atoms with Crippen LogP contribution in [0.5, 0.6) is 5.75 Å². The van der Waals surface area contributed by atoms with E-state index in [1.165, 1.54) is 0 Å². The van der Waals surface area contributed by atoms with Gasteiger partial charge in [0.15, 0.2) is 6.29 Å². The summed E-state index contributed by atoms with van der Waals surface area (Å²) in [5, 5.41) is 4.17. The van der Waals surface area contributed by atoms with Gasteiger partial charge in [-0.2, -0.15) is 5.10 Å². The largest absolute Gasteiger partial charge is 0.489 e. The van der Waals surface area contributed by atoms with Crippen LogP contribution in [0.1, 0.15) is 22.8 Å². The van der Waals surface area contributed by atoms with Crippen LogP contribution in [0.15, 0.2) is 35.1 Å². The predicted octanol–water partition coefficient (Wildman–Crippen LogP) is 3.06. The first kappa shape index (κ1) is 12.8. The predicted molar refractivity (Wildman–Crippen MR) is 71.8 cm³/mol. The second kappa shape index (κ2) is 5.82. The lowest BCUT2D eigenvalue weighted by Crippen LogP contribution is -1.96. The molecule has 0 aliphatic rings. The quantitative estimate of drug-likeness (QED) is 0.797. The third kappa shape index (κ3) is 2.98. The lowest BCUT2D eigenvalue weighted by Gasteiger charge is -2.05. The summed E-state index contributed by atoms with van der Waals surface area (Å²) in [5.41, 5.74) is 1.59. The number of ether oxygens (including phenoxy) is 1. The van der Waals surface area contributed by atoms with Crippen molar-refractivity contribution in [2.75, 3.05) is 0 Å². The summed E-state index contributed by atoms with van der Waals surface area (Å²) >= 11 is 3.30. The van der Waals surface area contributed by atoms with E-state index in [9.17, 15) is 4.79 Å². The Morgan fingerprint density at radius 3 is 3.00 bits per heavy atom. The van der Waals surface area contributed by atoms with Gasteiger partial charge in [0.2, 0.25) is 0 Å². The smallest absolute Gasteiger partial charge is 0.151 e. The molecule has 2 aromatic rings. The Hall–Kier alpha value is -1.62. The van der Waals surface area contributed by atoms with Gasteiger partial charge in [0.25, 0.3) is 0 Å².